The normalized spacial score (nSPS) is 24.4. The molecule has 1 fully saturated rings. The van der Waals surface area contributed by atoms with Crippen LogP contribution in [0.3, 0.4) is 0 Å². The fourth-order valence-corrected chi connectivity index (χ4v) is 1.73. The van der Waals surface area contributed by atoms with Crippen molar-refractivity contribution < 1.29 is 4.79 Å². The Kier molecular flexibility index (Phi) is 3.93. The van der Waals surface area contributed by atoms with Crippen molar-refractivity contribution in [2.75, 3.05) is 13.1 Å². The average molecular weight is 198 g/mol. The van der Waals surface area contributed by atoms with E-state index in [4.69, 9.17) is 5.73 Å². The molecule has 0 aromatic heterocycles. The van der Waals surface area contributed by atoms with E-state index in [-0.39, 0.29) is 11.9 Å². The molecular weight excluding hydrogens is 176 g/mol. The summed E-state index contributed by atoms with van der Waals surface area (Å²) in [6.45, 7) is 8.15. The van der Waals surface area contributed by atoms with E-state index in [1.54, 1.807) is 0 Å². The van der Waals surface area contributed by atoms with Crippen molar-refractivity contribution in [2.24, 2.45) is 17.6 Å². The predicted molar refractivity (Wildman–Crippen MR) is 57.8 cm³/mol. The smallest absolute Gasteiger partial charge is 0.224 e. The summed E-state index contributed by atoms with van der Waals surface area (Å²) in [5.74, 6) is 1.28. The maximum Gasteiger partial charge on any atom is 0.224 e. The van der Waals surface area contributed by atoms with Crippen LogP contribution in [-0.2, 0) is 4.79 Å². The molecule has 82 valence electrons. The Balaban J connectivity index is 2.35. The Bertz CT molecular complexity index is 203. The number of nitrogens with two attached hydrogens (primary N) is 1. The summed E-state index contributed by atoms with van der Waals surface area (Å²) in [6.07, 6.45) is 1.65. The van der Waals surface area contributed by atoms with Crippen LogP contribution in [0.15, 0.2) is 0 Å². The second kappa shape index (κ2) is 4.78. The fourth-order valence-electron chi connectivity index (χ4n) is 1.73. The maximum absolute atomic E-state index is 11.8. The van der Waals surface area contributed by atoms with Gasteiger partial charge in [0.2, 0.25) is 5.91 Å². The van der Waals surface area contributed by atoms with E-state index in [1.807, 2.05) is 4.90 Å². The van der Waals surface area contributed by atoms with E-state index >= 15 is 0 Å². The summed E-state index contributed by atoms with van der Waals surface area (Å²) in [7, 11) is 0. The number of carbonyl (C=O) groups excluding carboxylic acids is 1. The summed E-state index contributed by atoms with van der Waals surface area (Å²) in [5.41, 5.74) is 5.87. The molecular formula is C11H22N2O. The van der Waals surface area contributed by atoms with Gasteiger partial charge in [0.05, 0.1) is 0 Å². The Morgan fingerprint density at radius 2 is 2.21 bits per heavy atom. The van der Waals surface area contributed by atoms with Crippen molar-refractivity contribution in [3.05, 3.63) is 0 Å². The standard InChI is InChI=1S/C11H22N2O/c1-8(2)10(12)6-11(14)13-5-4-9(3)7-13/h8-10H,4-7,12H2,1-3H3. The summed E-state index contributed by atoms with van der Waals surface area (Å²) in [6, 6.07) is 0.0124. The second-order valence-corrected chi connectivity index (χ2v) is 4.85. The zero-order valence-electron chi connectivity index (χ0n) is 9.49. The number of carbonyl (C=O) groups is 1. The zero-order chi connectivity index (χ0) is 10.7. The molecule has 0 saturated carbocycles. The topological polar surface area (TPSA) is 46.3 Å². The maximum atomic E-state index is 11.8. The first-order chi connectivity index (χ1) is 6.50. The minimum atomic E-state index is 0.0124. The first-order valence-electron chi connectivity index (χ1n) is 5.54. The summed E-state index contributed by atoms with van der Waals surface area (Å²) in [5, 5.41) is 0. The molecule has 1 heterocycles. The van der Waals surface area contributed by atoms with Gasteiger partial charge in [-0.1, -0.05) is 20.8 Å². The van der Waals surface area contributed by atoms with Crippen molar-refractivity contribution in [1.82, 2.24) is 4.90 Å². The lowest BCUT2D eigenvalue weighted by Gasteiger charge is -2.20. The zero-order valence-corrected chi connectivity index (χ0v) is 9.49. The molecule has 3 nitrogen and oxygen atoms in total. The molecule has 0 aromatic carbocycles. The van der Waals surface area contributed by atoms with Crippen molar-refractivity contribution in [2.45, 2.75) is 39.7 Å². The fraction of sp³-hybridized carbons (Fsp3) is 0.909. The van der Waals surface area contributed by atoms with Gasteiger partial charge in [-0.25, -0.2) is 0 Å². The van der Waals surface area contributed by atoms with Gasteiger partial charge in [-0.15, -0.1) is 0 Å². The highest BCUT2D eigenvalue weighted by atomic mass is 16.2. The van der Waals surface area contributed by atoms with Gasteiger partial charge in [0.15, 0.2) is 0 Å². The third-order valence-corrected chi connectivity index (χ3v) is 3.04. The molecule has 1 saturated heterocycles. The van der Waals surface area contributed by atoms with Gasteiger partial charge in [0.25, 0.3) is 0 Å². The van der Waals surface area contributed by atoms with E-state index < -0.39 is 0 Å². The van der Waals surface area contributed by atoms with Crippen LogP contribution in [0.2, 0.25) is 0 Å². The first kappa shape index (κ1) is 11.5. The molecule has 1 rings (SSSR count). The molecule has 2 N–H and O–H groups in total. The van der Waals surface area contributed by atoms with E-state index in [0.717, 1.165) is 19.5 Å². The average Bonchev–Trinajstić information content (AvgIpc) is 2.51. The third kappa shape index (κ3) is 2.98. The second-order valence-electron chi connectivity index (χ2n) is 4.85. The molecule has 2 atom stereocenters. The summed E-state index contributed by atoms with van der Waals surface area (Å²) >= 11 is 0. The lowest BCUT2D eigenvalue weighted by molar-refractivity contribution is -0.130. The molecule has 3 heteroatoms. The molecule has 0 spiro atoms. The largest absolute Gasteiger partial charge is 0.342 e. The Morgan fingerprint density at radius 3 is 2.64 bits per heavy atom. The molecule has 1 aliphatic heterocycles. The van der Waals surface area contributed by atoms with E-state index in [2.05, 4.69) is 20.8 Å². The molecule has 2 unspecified atom stereocenters. The SMILES string of the molecule is CC1CCN(C(=O)CC(N)C(C)C)C1. The number of likely N-dealkylation sites (tertiary alicyclic amines) is 1. The monoisotopic (exact) mass is 198 g/mol. The van der Waals surface area contributed by atoms with Gasteiger partial charge in [0.1, 0.15) is 0 Å². The van der Waals surface area contributed by atoms with E-state index in [9.17, 15) is 4.79 Å². The molecule has 1 aliphatic rings. The molecule has 1 amide bonds. The highest BCUT2D eigenvalue weighted by molar-refractivity contribution is 5.77. The Morgan fingerprint density at radius 1 is 1.57 bits per heavy atom. The minimum absolute atomic E-state index is 0.0124. The molecule has 0 bridgehead atoms. The Hall–Kier alpha value is -0.570. The van der Waals surface area contributed by atoms with Crippen LogP contribution in [0.25, 0.3) is 0 Å². The third-order valence-electron chi connectivity index (χ3n) is 3.04. The van der Waals surface area contributed by atoms with Crippen LogP contribution < -0.4 is 5.73 Å². The number of hydrogen-bond donors (Lipinski definition) is 1. The van der Waals surface area contributed by atoms with Gasteiger partial charge in [0, 0.05) is 25.6 Å². The van der Waals surface area contributed by atoms with Crippen LogP contribution in [-0.4, -0.2) is 29.9 Å². The van der Waals surface area contributed by atoms with Crippen molar-refractivity contribution in [3.63, 3.8) is 0 Å². The number of nitrogens with zero attached hydrogens (tertiary/aromatic N) is 1. The van der Waals surface area contributed by atoms with Crippen LogP contribution >= 0.6 is 0 Å². The molecule has 0 radical (unpaired) electrons. The van der Waals surface area contributed by atoms with Gasteiger partial charge < -0.3 is 10.6 Å². The van der Waals surface area contributed by atoms with Crippen LogP contribution in [0.5, 0.6) is 0 Å². The summed E-state index contributed by atoms with van der Waals surface area (Å²) < 4.78 is 0. The van der Waals surface area contributed by atoms with Gasteiger partial charge >= 0.3 is 0 Å². The Labute approximate surface area is 86.6 Å². The minimum Gasteiger partial charge on any atom is -0.342 e. The van der Waals surface area contributed by atoms with Crippen LogP contribution in [0.4, 0.5) is 0 Å². The predicted octanol–water partition coefficient (Wildman–Crippen LogP) is 1.23. The van der Waals surface area contributed by atoms with E-state index in [1.165, 1.54) is 0 Å². The van der Waals surface area contributed by atoms with E-state index in [0.29, 0.717) is 18.3 Å². The molecule has 0 aromatic rings. The lowest BCUT2D eigenvalue weighted by atomic mass is 10.0. The van der Waals surface area contributed by atoms with Crippen LogP contribution in [0.1, 0.15) is 33.6 Å². The number of rotatable bonds is 3. The molecule has 0 aliphatic carbocycles. The lowest BCUT2D eigenvalue weighted by Crippen LogP contribution is -2.36. The number of hydrogen-bond acceptors (Lipinski definition) is 2. The van der Waals surface area contributed by atoms with Crippen molar-refractivity contribution in [3.8, 4) is 0 Å². The highest BCUT2D eigenvalue weighted by Gasteiger charge is 2.24. The van der Waals surface area contributed by atoms with Crippen molar-refractivity contribution in [1.29, 1.82) is 0 Å². The number of amides is 1. The van der Waals surface area contributed by atoms with Crippen molar-refractivity contribution >= 4 is 5.91 Å². The molecule has 14 heavy (non-hydrogen) atoms. The van der Waals surface area contributed by atoms with Gasteiger partial charge in [-0.3, -0.25) is 4.79 Å². The van der Waals surface area contributed by atoms with Crippen LogP contribution in [0, 0.1) is 11.8 Å². The van der Waals surface area contributed by atoms with Gasteiger partial charge in [-0.05, 0) is 18.3 Å². The first-order valence-corrected chi connectivity index (χ1v) is 5.54. The highest BCUT2D eigenvalue weighted by Crippen LogP contribution is 2.17. The summed E-state index contributed by atoms with van der Waals surface area (Å²) in [4.78, 5) is 13.7. The van der Waals surface area contributed by atoms with Gasteiger partial charge in [-0.2, -0.15) is 0 Å². The quantitative estimate of drug-likeness (QED) is 0.741.